The lowest BCUT2D eigenvalue weighted by Crippen LogP contribution is -2.19. The van der Waals surface area contributed by atoms with Crippen molar-refractivity contribution < 1.29 is 9.47 Å². The first-order valence-electron chi connectivity index (χ1n) is 10.8. The summed E-state index contributed by atoms with van der Waals surface area (Å²) in [6.45, 7) is 12.1. The highest BCUT2D eigenvalue weighted by molar-refractivity contribution is 5.31. The number of hydrogen-bond donors (Lipinski definition) is 0. The smallest absolute Gasteiger partial charge is 0.196 e. The number of rotatable bonds is 10. The first-order chi connectivity index (χ1) is 12.5. The Morgan fingerprint density at radius 3 is 2.38 bits per heavy atom. The molecular weight excluding hydrogens is 320 g/mol. The molecule has 0 N–H and O–H groups in total. The summed E-state index contributed by atoms with van der Waals surface area (Å²) in [6.07, 6.45) is 9.19. The van der Waals surface area contributed by atoms with Gasteiger partial charge < -0.3 is 9.47 Å². The van der Waals surface area contributed by atoms with E-state index in [0.717, 1.165) is 18.3 Å². The highest BCUT2D eigenvalue weighted by Gasteiger charge is 2.18. The average Bonchev–Trinajstić information content (AvgIpc) is 2.60. The van der Waals surface area contributed by atoms with Gasteiger partial charge in [-0.2, -0.15) is 0 Å². The molecule has 2 heteroatoms. The van der Waals surface area contributed by atoms with Crippen LogP contribution in [0.1, 0.15) is 91.0 Å². The highest BCUT2D eigenvalue weighted by atomic mass is 16.7. The van der Waals surface area contributed by atoms with Gasteiger partial charge in [0.1, 0.15) is 5.75 Å². The second-order valence-corrected chi connectivity index (χ2v) is 8.90. The van der Waals surface area contributed by atoms with Crippen LogP contribution in [-0.4, -0.2) is 12.9 Å². The van der Waals surface area contributed by atoms with E-state index < -0.39 is 0 Å². The Kier molecular flexibility index (Phi) is 8.98. The van der Waals surface area contributed by atoms with Gasteiger partial charge in [0.15, 0.2) is 6.29 Å². The Morgan fingerprint density at radius 2 is 1.73 bits per heavy atom. The molecule has 148 valence electrons. The van der Waals surface area contributed by atoms with Gasteiger partial charge in [-0.1, -0.05) is 71.9 Å². The van der Waals surface area contributed by atoms with Crippen LogP contribution in [0, 0.1) is 17.8 Å². The lowest BCUT2D eigenvalue weighted by atomic mass is 9.82. The van der Waals surface area contributed by atoms with Crippen LogP contribution in [0.4, 0.5) is 0 Å². The van der Waals surface area contributed by atoms with Crippen molar-refractivity contribution in [3.63, 3.8) is 0 Å². The second kappa shape index (κ2) is 11.0. The summed E-state index contributed by atoms with van der Waals surface area (Å²) in [5.74, 6) is 3.72. The maximum Gasteiger partial charge on any atom is 0.196 e. The summed E-state index contributed by atoms with van der Waals surface area (Å²) in [7, 11) is 0. The molecule has 1 fully saturated rings. The predicted molar refractivity (Wildman–Crippen MR) is 111 cm³/mol. The molecule has 0 bridgehead atoms. The molecule has 2 atom stereocenters. The molecule has 0 spiro atoms. The van der Waals surface area contributed by atoms with Crippen molar-refractivity contribution in [2.24, 2.45) is 17.8 Å². The van der Waals surface area contributed by atoms with Crippen LogP contribution in [-0.2, 0) is 4.74 Å². The van der Waals surface area contributed by atoms with Gasteiger partial charge in [0.2, 0.25) is 0 Å². The quantitative estimate of drug-likeness (QED) is 0.411. The van der Waals surface area contributed by atoms with Crippen molar-refractivity contribution in [3.8, 4) is 5.75 Å². The molecular formula is C24H40O2. The monoisotopic (exact) mass is 360 g/mol. The maximum atomic E-state index is 6.06. The molecule has 1 aliphatic carbocycles. The third-order valence-corrected chi connectivity index (χ3v) is 5.72. The van der Waals surface area contributed by atoms with Gasteiger partial charge in [0, 0.05) is 0 Å². The van der Waals surface area contributed by atoms with Crippen LogP contribution < -0.4 is 4.74 Å². The molecule has 2 rings (SSSR count). The van der Waals surface area contributed by atoms with E-state index in [2.05, 4.69) is 52.0 Å². The van der Waals surface area contributed by atoms with Gasteiger partial charge in [-0.3, -0.25) is 0 Å². The molecule has 0 heterocycles. The number of ether oxygens (including phenoxy) is 2. The van der Waals surface area contributed by atoms with Crippen LogP contribution in [0.15, 0.2) is 24.3 Å². The van der Waals surface area contributed by atoms with Crippen molar-refractivity contribution in [2.45, 2.75) is 91.8 Å². The molecule has 1 saturated carbocycles. The van der Waals surface area contributed by atoms with E-state index in [-0.39, 0.29) is 6.29 Å². The Bertz CT molecular complexity index is 503. The molecule has 0 aromatic heterocycles. The SMILES string of the molecule is CC(C)CC(c1cccc(OC(C)OCCC2CCCCC2)c1)C(C)C. The zero-order chi connectivity index (χ0) is 18.9. The Balaban J connectivity index is 1.84. The van der Waals surface area contributed by atoms with E-state index >= 15 is 0 Å². The summed E-state index contributed by atoms with van der Waals surface area (Å²) in [5, 5.41) is 0. The van der Waals surface area contributed by atoms with Crippen molar-refractivity contribution in [3.05, 3.63) is 29.8 Å². The summed E-state index contributed by atoms with van der Waals surface area (Å²) in [5.41, 5.74) is 1.39. The summed E-state index contributed by atoms with van der Waals surface area (Å²) < 4.78 is 12.0. The minimum Gasteiger partial charge on any atom is -0.465 e. The van der Waals surface area contributed by atoms with Crippen LogP contribution in [0.2, 0.25) is 0 Å². The Hall–Kier alpha value is -1.02. The second-order valence-electron chi connectivity index (χ2n) is 8.90. The third kappa shape index (κ3) is 7.31. The standard InChI is InChI=1S/C24H40O2/c1-18(2)16-24(19(3)4)22-12-9-13-23(17-22)26-20(5)25-15-14-21-10-7-6-8-11-21/h9,12-13,17-21,24H,6-8,10-11,14-16H2,1-5H3. The van der Waals surface area contributed by atoms with Crippen LogP contribution >= 0.6 is 0 Å². The first kappa shape index (κ1) is 21.3. The van der Waals surface area contributed by atoms with Gasteiger partial charge in [-0.15, -0.1) is 0 Å². The number of benzene rings is 1. The van der Waals surface area contributed by atoms with Crippen molar-refractivity contribution in [2.75, 3.05) is 6.61 Å². The van der Waals surface area contributed by atoms with Crippen molar-refractivity contribution in [1.82, 2.24) is 0 Å². The predicted octanol–water partition coefficient (Wildman–Crippen LogP) is 7.18. The Morgan fingerprint density at radius 1 is 1.00 bits per heavy atom. The molecule has 1 aromatic carbocycles. The lowest BCUT2D eigenvalue weighted by Gasteiger charge is -2.25. The molecule has 26 heavy (non-hydrogen) atoms. The number of hydrogen-bond acceptors (Lipinski definition) is 2. The summed E-state index contributed by atoms with van der Waals surface area (Å²) in [6, 6.07) is 8.63. The Labute approximate surface area is 161 Å². The van der Waals surface area contributed by atoms with Crippen LogP contribution in [0.25, 0.3) is 0 Å². The van der Waals surface area contributed by atoms with E-state index in [1.807, 2.05) is 6.92 Å². The van der Waals surface area contributed by atoms with Crippen LogP contribution in [0.5, 0.6) is 5.75 Å². The van der Waals surface area contributed by atoms with Gasteiger partial charge in [-0.25, -0.2) is 0 Å². The van der Waals surface area contributed by atoms with Crippen molar-refractivity contribution in [1.29, 1.82) is 0 Å². The largest absolute Gasteiger partial charge is 0.465 e. The molecule has 0 amide bonds. The summed E-state index contributed by atoms with van der Waals surface area (Å²) in [4.78, 5) is 0. The third-order valence-electron chi connectivity index (χ3n) is 5.72. The minimum atomic E-state index is -0.184. The van der Waals surface area contributed by atoms with Crippen LogP contribution in [0.3, 0.4) is 0 Å². The van der Waals surface area contributed by atoms with Gasteiger partial charge in [0.25, 0.3) is 0 Å². The fraction of sp³-hybridized carbons (Fsp3) is 0.750. The topological polar surface area (TPSA) is 18.5 Å². The highest BCUT2D eigenvalue weighted by Crippen LogP contribution is 2.33. The summed E-state index contributed by atoms with van der Waals surface area (Å²) >= 11 is 0. The van der Waals surface area contributed by atoms with E-state index in [0.29, 0.717) is 17.8 Å². The zero-order valence-electron chi connectivity index (χ0n) is 17.7. The average molecular weight is 361 g/mol. The molecule has 1 aromatic rings. The normalized spacial score (nSPS) is 18.3. The minimum absolute atomic E-state index is 0.184. The molecule has 0 aliphatic heterocycles. The maximum absolute atomic E-state index is 6.06. The zero-order valence-corrected chi connectivity index (χ0v) is 17.7. The molecule has 2 nitrogen and oxygen atoms in total. The van der Waals surface area contributed by atoms with Crippen molar-refractivity contribution >= 4 is 0 Å². The first-order valence-corrected chi connectivity index (χ1v) is 10.8. The molecule has 0 radical (unpaired) electrons. The van der Waals surface area contributed by atoms with E-state index in [9.17, 15) is 0 Å². The molecule has 1 aliphatic rings. The van der Waals surface area contributed by atoms with Gasteiger partial charge in [-0.05, 0) is 61.1 Å². The van der Waals surface area contributed by atoms with Gasteiger partial charge >= 0.3 is 0 Å². The molecule has 2 unspecified atom stereocenters. The van der Waals surface area contributed by atoms with E-state index in [1.54, 1.807) is 0 Å². The van der Waals surface area contributed by atoms with E-state index in [1.165, 1.54) is 50.5 Å². The lowest BCUT2D eigenvalue weighted by molar-refractivity contribution is -0.0711. The molecule has 0 saturated heterocycles. The fourth-order valence-corrected chi connectivity index (χ4v) is 4.22. The van der Waals surface area contributed by atoms with Gasteiger partial charge in [0.05, 0.1) is 6.61 Å². The van der Waals surface area contributed by atoms with E-state index in [4.69, 9.17) is 9.47 Å². The fourth-order valence-electron chi connectivity index (χ4n) is 4.22.